The summed E-state index contributed by atoms with van der Waals surface area (Å²) in [4.78, 5) is 27.0. The maximum Gasteiger partial charge on any atom is 0.261 e. The number of rotatable bonds is 7. The van der Waals surface area contributed by atoms with Crippen LogP contribution in [0.2, 0.25) is 0 Å². The largest absolute Gasteiger partial charge is 0.457 e. The molecule has 8 nitrogen and oxygen atoms in total. The summed E-state index contributed by atoms with van der Waals surface area (Å²) in [6.07, 6.45) is 1.62. The molecule has 180 valence electrons. The second-order valence-corrected chi connectivity index (χ2v) is 10.3. The maximum absolute atomic E-state index is 12.9. The minimum Gasteiger partial charge on any atom is -0.457 e. The van der Waals surface area contributed by atoms with Crippen LogP contribution in [0.4, 0.5) is 5.69 Å². The van der Waals surface area contributed by atoms with Crippen LogP contribution in [0, 0.1) is 6.92 Å². The van der Waals surface area contributed by atoms with Gasteiger partial charge in [-0.15, -0.1) is 0 Å². The first-order valence-electron chi connectivity index (χ1n) is 11.3. The Bertz CT molecular complexity index is 1400. The van der Waals surface area contributed by atoms with Crippen LogP contribution in [-0.4, -0.2) is 44.4 Å². The van der Waals surface area contributed by atoms with Gasteiger partial charge in [0.15, 0.2) is 0 Å². The van der Waals surface area contributed by atoms with Crippen molar-refractivity contribution in [2.45, 2.75) is 30.8 Å². The molecule has 5 rings (SSSR count). The molecule has 0 saturated carbocycles. The molecule has 0 spiro atoms. The Morgan fingerprint density at radius 1 is 0.971 bits per heavy atom. The normalized spacial score (nSPS) is 17.5. The first-order chi connectivity index (χ1) is 16.8. The number of benzene rings is 3. The first-order valence-corrected chi connectivity index (χ1v) is 12.8. The highest BCUT2D eigenvalue weighted by molar-refractivity contribution is 7.92. The molecule has 1 saturated heterocycles. The van der Waals surface area contributed by atoms with Crippen LogP contribution in [0.15, 0.2) is 71.6 Å². The molecule has 2 amide bonds. The minimum absolute atomic E-state index is 0.126. The monoisotopic (exact) mass is 492 g/mol. The van der Waals surface area contributed by atoms with Gasteiger partial charge in [-0.1, -0.05) is 23.8 Å². The third kappa shape index (κ3) is 4.78. The van der Waals surface area contributed by atoms with Crippen LogP contribution in [0.3, 0.4) is 0 Å². The van der Waals surface area contributed by atoms with Crippen molar-refractivity contribution in [2.75, 3.05) is 17.9 Å². The third-order valence-electron chi connectivity index (χ3n) is 6.01. The quantitative estimate of drug-likeness (QED) is 0.492. The first kappa shape index (κ1) is 23.1. The Labute approximate surface area is 203 Å². The summed E-state index contributed by atoms with van der Waals surface area (Å²) >= 11 is 0. The number of nitrogens with one attached hydrogen (secondary N) is 1. The van der Waals surface area contributed by atoms with Crippen LogP contribution < -0.4 is 9.46 Å². The number of amides is 2. The van der Waals surface area contributed by atoms with E-state index in [9.17, 15) is 18.0 Å². The molecule has 1 N–H and O–H groups in total. The molecule has 0 bridgehead atoms. The molecule has 2 heterocycles. The van der Waals surface area contributed by atoms with Crippen molar-refractivity contribution in [3.63, 3.8) is 0 Å². The van der Waals surface area contributed by atoms with Gasteiger partial charge in [-0.3, -0.25) is 19.2 Å². The minimum atomic E-state index is -3.76. The standard InChI is InChI=1S/C26H24N2O6S/c1-17-7-10-22(11-8-17)35(31,32)27-18-4-2-5-19(14-18)34-20-9-12-23-24(15-20)26(30)28(25(23)29)16-21-6-3-13-33-21/h2,4-5,7-12,14-15,21,27H,3,6,13,16H2,1H3. The van der Waals surface area contributed by atoms with Gasteiger partial charge >= 0.3 is 0 Å². The summed E-state index contributed by atoms with van der Waals surface area (Å²) in [6.45, 7) is 2.77. The number of anilines is 1. The molecular formula is C26H24N2O6S. The number of ether oxygens (including phenoxy) is 2. The SMILES string of the molecule is Cc1ccc(S(=O)(=O)Nc2cccc(Oc3ccc4c(c3)C(=O)N(CC3CCCO3)C4=O)c2)cc1. The molecule has 0 aliphatic carbocycles. The van der Waals surface area contributed by atoms with E-state index < -0.39 is 10.0 Å². The fraction of sp³-hybridized carbons (Fsp3) is 0.231. The summed E-state index contributed by atoms with van der Waals surface area (Å²) in [5.41, 5.74) is 1.91. The van der Waals surface area contributed by atoms with Crippen molar-refractivity contribution in [1.82, 2.24) is 4.90 Å². The topological polar surface area (TPSA) is 102 Å². The predicted molar refractivity (Wildman–Crippen MR) is 129 cm³/mol. The van der Waals surface area contributed by atoms with E-state index in [0.717, 1.165) is 18.4 Å². The molecule has 3 aromatic carbocycles. The summed E-state index contributed by atoms with van der Waals surface area (Å²) < 4.78 is 39.4. The summed E-state index contributed by atoms with van der Waals surface area (Å²) in [5.74, 6) is 0.0366. The van der Waals surface area contributed by atoms with Gasteiger partial charge in [-0.2, -0.15) is 0 Å². The zero-order chi connectivity index (χ0) is 24.6. The Morgan fingerprint density at radius 2 is 1.71 bits per heavy atom. The highest BCUT2D eigenvalue weighted by Gasteiger charge is 2.37. The van der Waals surface area contributed by atoms with Crippen molar-refractivity contribution >= 4 is 27.5 Å². The fourth-order valence-corrected chi connectivity index (χ4v) is 5.23. The Morgan fingerprint density at radius 3 is 2.46 bits per heavy atom. The molecule has 35 heavy (non-hydrogen) atoms. The molecule has 0 aromatic heterocycles. The Hall–Kier alpha value is -3.69. The predicted octanol–water partition coefficient (Wildman–Crippen LogP) is 4.36. The average Bonchev–Trinajstić information content (AvgIpc) is 3.42. The van der Waals surface area contributed by atoms with E-state index in [2.05, 4.69) is 4.72 Å². The number of fused-ring (bicyclic) bond motifs is 1. The number of nitrogens with zero attached hydrogens (tertiary/aromatic N) is 1. The fourth-order valence-electron chi connectivity index (χ4n) is 4.18. The van der Waals surface area contributed by atoms with E-state index in [1.54, 1.807) is 60.7 Å². The highest BCUT2D eigenvalue weighted by atomic mass is 32.2. The number of aryl methyl sites for hydroxylation is 1. The van der Waals surface area contributed by atoms with Crippen LogP contribution in [-0.2, 0) is 14.8 Å². The summed E-state index contributed by atoms with van der Waals surface area (Å²) in [7, 11) is -3.76. The second kappa shape index (κ2) is 9.16. The molecule has 0 radical (unpaired) electrons. The lowest BCUT2D eigenvalue weighted by atomic mass is 10.1. The van der Waals surface area contributed by atoms with E-state index in [4.69, 9.17) is 9.47 Å². The molecule has 1 fully saturated rings. The lowest BCUT2D eigenvalue weighted by Gasteiger charge is -2.17. The van der Waals surface area contributed by atoms with E-state index in [0.29, 0.717) is 29.4 Å². The molecule has 3 aromatic rings. The summed E-state index contributed by atoms with van der Waals surface area (Å²) in [6, 6.07) is 17.8. The lowest BCUT2D eigenvalue weighted by Crippen LogP contribution is -2.36. The van der Waals surface area contributed by atoms with Crippen molar-refractivity contribution in [1.29, 1.82) is 0 Å². The number of sulfonamides is 1. The van der Waals surface area contributed by atoms with Crippen molar-refractivity contribution < 1.29 is 27.5 Å². The maximum atomic E-state index is 12.9. The van der Waals surface area contributed by atoms with Gasteiger partial charge in [0.05, 0.1) is 34.4 Å². The number of carbonyl (C=O) groups is 2. The van der Waals surface area contributed by atoms with Gasteiger partial charge in [-0.05, 0) is 62.2 Å². The van der Waals surface area contributed by atoms with E-state index in [1.807, 2.05) is 6.92 Å². The molecule has 2 aliphatic heterocycles. The van der Waals surface area contributed by atoms with E-state index in [1.165, 1.54) is 11.0 Å². The van der Waals surface area contributed by atoms with Gasteiger partial charge in [0.25, 0.3) is 21.8 Å². The van der Waals surface area contributed by atoms with Crippen molar-refractivity contribution in [3.05, 3.63) is 83.4 Å². The van der Waals surface area contributed by atoms with Crippen LogP contribution in [0.1, 0.15) is 39.1 Å². The molecule has 1 atom stereocenters. The zero-order valence-corrected chi connectivity index (χ0v) is 19.9. The second-order valence-electron chi connectivity index (χ2n) is 8.61. The van der Waals surface area contributed by atoms with Gasteiger partial charge in [0.1, 0.15) is 11.5 Å². The van der Waals surface area contributed by atoms with Crippen molar-refractivity contribution in [2.24, 2.45) is 0 Å². The van der Waals surface area contributed by atoms with Gasteiger partial charge in [0, 0.05) is 12.7 Å². The smallest absolute Gasteiger partial charge is 0.261 e. The van der Waals surface area contributed by atoms with Gasteiger partial charge in [0.2, 0.25) is 0 Å². The number of hydrogen-bond donors (Lipinski definition) is 1. The van der Waals surface area contributed by atoms with Crippen LogP contribution in [0.5, 0.6) is 11.5 Å². The molecule has 9 heteroatoms. The van der Waals surface area contributed by atoms with Crippen molar-refractivity contribution in [3.8, 4) is 11.5 Å². The number of carbonyl (C=O) groups excluding carboxylic acids is 2. The Balaban J connectivity index is 1.32. The van der Waals surface area contributed by atoms with E-state index in [-0.39, 0.29) is 34.9 Å². The Kier molecular flexibility index (Phi) is 6.04. The molecular weight excluding hydrogens is 468 g/mol. The zero-order valence-electron chi connectivity index (χ0n) is 19.1. The van der Waals surface area contributed by atoms with Crippen LogP contribution in [0.25, 0.3) is 0 Å². The highest BCUT2D eigenvalue weighted by Crippen LogP contribution is 2.31. The molecule has 1 unspecified atom stereocenters. The molecule has 2 aliphatic rings. The average molecular weight is 493 g/mol. The third-order valence-corrected chi connectivity index (χ3v) is 7.40. The van der Waals surface area contributed by atoms with Crippen LogP contribution >= 0.6 is 0 Å². The lowest BCUT2D eigenvalue weighted by molar-refractivity contribution is 0.0475. The summed E-state index contributed by atoms with van der Waals surface area (Å²) in [5, 5.41) is 0. The van der Waals surface area contributed by atoms with E-state index >= 15 is 0 Å². The van der Waals surface area contributed by atoms with Gasteiger partial charge < -0.3 is 9.47 Å². The number of imide groups is 1. The number of hydrogen-bond acceptors (Lipinski definition) is 6. The van der Waals surface area contributed by atoms with Gasteiger partial charge in [-0.25, -0.2) is 8.42 Å².